The number of rotatable bonds is 5. The molecule has 0 aliphatic heterocycles. The zero-order valence-electron chi connectivity index (χ0n) is 18.9. The molecule has 4 heterocycles. The van der Waals surface area contributed by atoms with E-state index in [4.69, 9.17) is 0 Å². The summed E-state index contributed by atoms with van der Waals surface area (Å²) in [5.41, 5.74) is 5.05. The Balaban J connectivity index is 1.42. The van der Waals surface area contributed by atoms with E-state index in [1.165, 1.54) is 0 Å². The number of fused-ring (bicyclic) bond motifs is 1. The summed E-state index contributed by atoms with van der Waals surface area (Å²) in [4.78, 5) is 22.3. The van der Waals surface area contributed by atoms with E-state index < -0.39 is 6.10 Å². The van der Waals surface area contributed by atoms with Gasteiger partial charge in [0, 0.05) is 43.6 Å². The number of nitrogens with zero attached hydrogens (tertiary/aromatic N) is 5. The zero-order valence-corrected chi connectivity index (χ0v) is 18.9. The van der Waals surface area contributed by atoms with Crippen LogP contribution in [0.1, 0.15) is 47.3 Å². The first-order chi connectivity index (χ1) is 16.0. The van der Waals surface area contributed by atoms with Gasteiger partial charge in [-0.2, -0.15) is 5.10 Å². The Kier molecular flexibility index (Phi) is 5.68. The average molecular weight is 445 g/mol. The van der Waals surface area contributed by atoms with Crippen molar-refractivity contribution in [2.75, 3.05) is 0 Å². The van der Waals surface area contributed by atoms with E-state index >= 15 is 0 Å². The normalized spacial score (nSPS) is 18.5. The summed E-state index contributed by atoms with van der Waals surface area (Å²) >= 11 is 0. The molecule has 4 aromatic rings. The molecule has 4 aromatic heterocycles. The van der Waals surface area contributed by atoms with E-state index in [1.807, 2.05) is 55.5 Å². The minimum absolute atomic E-state index is 0.218. The molecule has 0 radical (unpaired) electrons. The molecule has 33 heavy (non-hydrogen) atoms. The van der Waals surface area contributed by atoms with E-state index in [2.05, 4.69) is 26.4 Å². The molecule has 1 saturated carbocycles. The number of amides is 1. The van der Waals surface area contributed by atoms with Crippen LogP contribution in [0, 0.1) is 0 Å². The molecule has 0 spiro atoms. The summed E-state index contributed by atoms with van der Waals surface area (Å²) in [6.07, 6.45) is 11.2. The summed E-state index contributed by atoms with van der Waals surface area (Å²) in [5.74, 6) is -0.240. The Morgan fingerprint density at radius 1 is 1.18 bits per heavy atom. The number of aromatic nitrogens is 5. The van der Waals surface area contributed by atoms with Crippen LogP contribution < -0.4 is 5.32 Å². The second-order valence-electron chi connectivity index (χ2n) is 8.89. The lowest BCUT2D eigenvalue weighted by Gasteiger charge is -2.28. The van der Waals surface area contributed by atoms with Crippen molar-refractivity contribution in [3.63, 3.8) is 0 Å². The van der Waals surface area contributed by atoms with Crippen molar-refractivity contribution in [3.05, 3.63) is 65.9 Å². The molecule has 2 atom stereocenters. The fourth-order valence-corrected chi connectivity index (χ4v) is 4.56. The highest BCUT2D eigenvalue weighted by Crippen LogP contribution is 2.24. The number of pyridine rings is 2. The number of aliphatic hydroxyl groups is 1. The first-order valence-electron chi connectivity index (χ1n) is 11.4. The van der Waals surface area contributed by atoms with Gasteiger partial charge in [0.25, 0.3) is 5.91 Å². The first-order valence-corrected chi connectivity index (χ1v) is 11.4. The average Bonchev–Trinajstić information content (AvgIpc) is 3.42. The second-order valence-corrected chi connectivity index (χ2v) is 8.89. The molecule has 5 rings (SSSR count). The van der Waals surface area contributed by atoms with E-state index in [1.54, 1.807) is 10.9 Å². The van der Waals surface area contributed by atoms with Crippen LogP contribution in [0.2, 0.25) is 0 Å². The highest BCUT2D eigenvalue weighted by Gasteiger charge is 2.26. The summed E-state index contributed by atoms with van der Waals surface area (Å²) in [6, 6.07) is 7.73. The molecule has 1 aliphatic rings. The van der Waals surface area contributed by atoms with Crippen LogP contribution in [0.3, 0.4) is 0 Å². The van der Waals surface area contributed by atoms with Gasteiger partial charge in [-0.1, -0.05) is 18.9 Å². The molecular formula is C25H28N6O2. The smallest absolute Gasteiger partial charge is 0.270 e. The van der Waals surface area contributed by atoms with Crippen LogP contribution in [0.15, 0.2) is 49.1 Å². The monoisotopic (exact) mass is 444 g/mol. The molecule has 0 aromatic carbocycles. The second kappa shape index (κ2) is 8.78. The van der Waals surface area contributed by atoms with Crippen molar-refractivity contribution in [1.82, 2.24) is 29.6 Å². The number of carbonyl (C=O) groups is 1. The Bertz CT molecular complexity index is 1290. The zero-order chi connectivity index (χ0) is 22.9. The molecule has 2 N–H and O–H groups in total. The van der Waals surface area contributed by atoms with E-state index in [0.29, 0.717) is 12.1 Å². The fraction of sp³-hybridized carbons (Fsp3) is 0.360. The number of aryl methyl sites for hydroxylation is 2. The number of aliphatic hydroxyl groups excluding tert-OH is 1. The maximum atomic E-state index is 13.0. The van der Waals surface area contributed by atoms with Crippen LogP contribution >= 0.6 is 0 Å². The quantitative estimate of drug-likeness (QED) is 0.493. The summed E-state index contributed by atoms with van der Waals surface area (Å²) in [7, 11) is 3.81. The maximum absolute atomic E-state index is 13.0. The lowest BCUT2D eigenvalue weighted by molar-refractivity contribution is 0.0714. The highest BCUT2D eigenvalue weighted by molar-refractivity contribution is 5.95. The third-order valence-electron chi connectivity index (χ3n) is 6.42. The topological polar surface area (TPSA) is 97.9 Å². The van der Waals surface area contributed by atoms with Crippen molar-refractivity contribution < 1.29 is 9.90 Å². The lowest BCUT2D eigenvalue weighted by Crippen LogP contribution is -2.45. The Hall–Kier alpha value is -3.52. The molecule has 0 saturated heterocycles. The SMILES string of the molecule is Cn1cc(-c2ccc(Cc3cc(C(=O)N[C@H]4CCCC[C@@H]4O)nc4c3ccn4C)cn2)cn1. The molecule has 1 aliphatic carbocycles. The van der Waals surface area contributed by atoms with Crippen LogP contribution in [-0.2, 0) is 20.5 Å². The Morgan fingerprint density at radius 3 is 2.76 bits per heavy atom. The summed E-state index contributed by atoms with van der Waals surface area (Å²) < 4.78 is 3.68. The minimum Gasteiger partial charge on any atom is -0.391 e. The van der Waals surface area contributed by atoms with Crippen LogP contribution in [0.25, 0.3) is 22.3 Å². The van der Waals surface area contributed by atoms with Crippen LogP contribution in [-0.4, -0.2) is 47.5 Å². The van der Waals surface area contributed by atoms with Crippen LogP contribution in [0.4, 0.5) is 0 Å². The van der Waals surface area contributed by atoms with Crippen molar-refractivity contribution in [1.29, 1.82) is 0 Å². The van der Waals surface area contributed by atoms with Gasteiger partial charge in [0.05, 0.1) is 24.0 Å². The minimum atomic E-state index is -0.495. The van der Waals surface area contributed by atoms with E-state index in [-0.39, 0.29) is 11.9 Å². The summed E-state index contributed by atoms with van der Waals surface area (Å²) in [5, 5.41) is 18.5. The standard InChI is InChI=1S/C25H28N6O2/c1-30-10-9-19-17(11-16-7-8-20(26-13-16)18-14-27-31(2)15-18)12-22(28-24(19)30)25(33)29-21-5-3-4-6-23(21)32/h7-10,12-15,21,23,32H,3-6,11H2,1-2H3,(H,29,33)/t21-,23-/m0/s1. The molecule has 0 unspecified atom stereocenters. The molecule has 8 nitrogen and oxygen atoms in total. The van der Waals surface area contributed by atoms with Gasteiger partial charge in [0.15, 0.2) is 0 Å². The molecule has 170 valence electrons. The van der Waals surface area contributed by atoms with Gasteiger partial charge in [-0.05, 0) is 48.6 Å². The molecule has 0 bridgehead atoms. The van der Waals surface area contributed by atoms with Gasteiger partial charge >= 0.3 is 0 Å². The Labute approximate surface area is 192 Å². The number of hydrogen-bond acceptors (Lipinski definition) is 5. The molecule has 1 amide bonds. The van der Waals surface area contributed by atoms with Gasteiger partial charge in [0.2, 0.25) is 0 Å². The number of carbonyl (C=O) groups excluding carboxylic acids is 1. The van der Waals surface area contributed by atoms with Gasteiger partial charge < -0.3 is 15.0 Å². The number of nitrogens with one attached hydrogen (secondary N) is 1. The van der Waals surface area contributed by atoms with Crippen molar-refractivity contribution in [2.45, 2.75) is 44.2 Å². The predicted molar refractivity (Wildman–Crippen MR) is 126 cm³/mol. The van der Waals surface area contributed by atoms with Gasteiger partial charge in [0.1, 0.15) is 11.3 Å². The molecule has 1 fully saturated rings. The maximum Gasteiger partial charge on any atom is 0.270 e. The van der Waals surface area contributed by atoms with E-state index in [9.17, 15) is 9.90 Å². The molecule has 8 heteroatoms. The van der Waals surface area contributed by atoms with Crippen molar-refractivity contribution in [3.8, 4) is 11.3 Å². The lowest BCUT2D eigenvalue weighted by atomic mass is 9.92. The van der Waals surface area contributed by atoms with E-state index in [0.717, 1.165) is 59.1 Å². The first kappa shape index (κ1) is 21.3. The highest BCUT2D eigenvalue weighted by atomic mass is 16.3. The third-order valence-corrected chi connectivity index (χ3v) is 6.42. The van der Waals surface area contributed by atoms with Gasteiger partial charge in [-0.3, -0.25) is 14.5 Å². The Morgan fingerprint density at radius 2 is 2.03 bits per heavy atom. The van der Waals surface area contributed by atoms with Crippen LogP contribution in [0.5, 0.6) is 0 Å². The third kappa shape index (κ3) is 4.39. The summed E-state index contributed by atoms with van der Waals surface area (Å²) in [6.45, 7) is 0. The van der Waals surface area contributed by atoms with Crippen molar-refractivity contribution in [2.24, 2.45) is 14.1 Å². The number of hydrogen-bond donors (Lipinski definition) is 2. The predicted octanol–water partition coefficient (Wildman–Crippen LogP) is 2.99. The van der Waals surface area contributed by atoms with Gasteiger partial charge in [-0.25, -0.2) is 4.98 Å². The fourth-order valence-electron chi connectivity index (χ4n) is 4.56. The largest absolute Gasteiger partial charge is 0.391 e. The van der Waals surface area contributed by atoms with Crippen molar-refractivity contribution >= 4 is 16.9 Å². The van der Waals surface area contributed by atoms with Gasteiger partial charge in [-0.15, -0.1) is 0 Å². The molecular weight excluding hydrogens is 416 g/mol.